The molecule has 2 N–H and O–H groups in total. The van der Waals surface area contributed by atoms with Gasteiger partial charge in [-0.1, -0.05) is 48.6 Å². The number of piperazine rings is 1. The minimum absolute atomic E-state index is 0.175. The number of nitrogens with zero attached hydrogens (tertiary/aromatic N) is 6. The quantitative estimate of drug-likeness (QED) is 0.393. The number of thiazole rings is 1. The van der Waals surface area contributed by atoms with Crippen LogP contribution in [0, 0.1) is 6.92 Å². The fourth-order valence-corrected chi connectivity index (χ4v) is 5.03. The van der Waals surface area contributed by atoms with Crippen molar-refractivity contribution in [2.45, 2.75) is 26.8 Å². The lowest BCUT2D eigenvalue weighted by Gasteiger charge is -2.34. The van der Waals surface area contributed by atoms with Crippen molar-refractivity contribution >= 4 is 44.3 Å². The number of fused-ring (bicyclic) bond motifs is 1. The van der Waals surface area contributed by atoms with Gasteiger partial charge in [-0.15, -0.1) is 0 Å². The first kappa shape index (κ1) is 22.5. The topological polar surface area (TPSA) is 82.1 Å². The third-order valence-electron chi connectivity index (χ3n) is 6.12. The van der Waals surface area contributed by atoms with E-state index in [1.165, 1.54) is 5.56 Å². The second kappa shape index (κ2) is 9.90. The first-order valence-corrected chi connectivity index (χ1v) is 12.6. The highest BCUT2D eigenvalue weighted by molar-refractivity contribution is 7.22. The van der Waals surface area contributed by atoms with Gasteiger partial charge in [0, 0.05) is 50.2 Å². The Kier molecular flexibility index (Phi) is 6.55. The zero-order chi connectivity index (χ0) is 23.5. The van der Waals surface area contributed by atoms with Gasteiger partial charge in [0.05, 0.1) is 16.3 Å². The minimum Gasteiger partial charge on any atom is -0.355 e. The molecule has 0 spiro atoms. The van der Waals surface area contributed by atoms with Crippen molar-refractivity contribution in [2.75, 3.05) is 48.3 Å². The maximum atomic E-state index is 4.79. The van der Waals surface area contributed by atoms with Gasteiger partial charge in [0.2, 0.25) is 5.95 Å². The van der Waals surface area contributed by atoms with E-state index in [0.717, 1.165) is 71.3 Å². The maximum Gasteiger partial charge on any atom is 0.227 e. The average Bonchev–Trinajstić information content (AvgIpc) is 3.25. The van der Waals surface area contributed by atoms with Crippen LogP contribution in [0.1, 0.15) is 31.1 Å². The van der Waals surface area contributed by atoms with Crippen molar-refractivity contribution < 1.29 is 0 Å². The van der Waals surface area contributed by atoms with Crippen molar-refractivity contribution in [2.24, 2.45) is 0 Å². The van der Waals surface area contributed by atoms with Crippen LogP contribution in [0.15, 0.2) is 48.7 Å². The normalized spacial score (nSPS) is 15.4. The molecule has 1 saturated heterocycles. The second-order valence-electron chi connectivity index (χ2n) is 8.57. The summed E-state index contributed by atoms with van der Waals surface area (Å²) in [7, 11) is 0. The Morgan fingerprint density at radius 3 is 2.56 bits per heavy atom. The van der Waals surface area contributed by atoms with Gasteiger partial charge in [-0.2, -0.15) is 4.98 Å². The van der Waals surface area contributed by atoms with Crippen molar-refractivity contribution in [3.8, 4) is 0 Å². The number of anilines is 4. The predicted molar refractivity (Wildman–Crippen MR) is 140 cm³/mol. The van der Waals surface area contributed by atoms with Crippen LogP contribution in [0.5, 0.6) is 0 Å². The van der Waals surface area contributed by atoms with E-state index in [2.05, 4.69) is 68.5 Å². The summed E-state index contributed by atoms with van der Waals surface area (Å²) in [5, 5.41) is 7.75. The lowest BCUT2D eigenvalue weighted by Crippen LogP contribution is -2.46. The molecule has 1 aromatic carbocycles. The monoisotopic (exact) mass is 474 g/mol. The van der Waals surface area contributed by atoms with Crippen molar-refractivity contribution in [3.05, 3.63) is 59.9 Å². The summed E-state index contributed by atoms with van der Waals surface area (Å²) in [6.07, 6.45) is 1.87. The molecule has 4 heterocycles. The van der Waals surface area contributed by atoms with Crippen LogP contribution in [-0.4, -0.2) is 57.6 Å². The maximum absolute atomic E-state index is 4.79. The summed E-state index contributed by atoms with van der Waals surface area (Å²) in [6, 6.07) is 14.5. The number of hydrogen-bond donors (Lipinski definition) is 2. The van der Waals surface area contributed by atoms with Gasteiger partial charge in [-0.25, -0.2) is 15.0 Å². The Morgan fingerprint density at radius 1 is 1.00 bits per heavy atom. The molecule has 0 amide bonds. The Hall–Kier alpha value is -3.30. The zero-order valence-electron chi connectivity index (χ0n) is 19.8. The van der Waals surface area contributed by atoms with Crippen LogP contribution in [0.25, 0.3) is 10.2 Å². The molecule has 176 valence electrons. The van der Waals surface area contributed by atoms with Crippen molar-refractivity contribution in [1.29, 1.82) is 0 Å². The van der Waals surface area contributed by atoms with Gasteiger partial charge in [-0.3, -0.25) is 0 Å². The van der Waals surface area contributed by atoms with Crippen molar-refractivity contribution in [1.82, 2.24) is 24.8 Å². The number of aromatic nitrogens is 4. The number of pyridine rings is 1. The van der Waals surface area contributed by atoms with E-state index in [9.17, 15) is 0 Å². The lowest BCUT2D eigenvalue weighted by molar-refractivity contribution is 0.270. The van der Waals surface area contributed by atoms with Crippen LogP contribution in [0.4, 0.5) is 22.7 Å². The van der Waals surface area contributed by atoms with E-state index < -0.39 is 0 Å². The van der Waals surface area contributed by atoms with E-state index in [0.29, 0.717) is 0 Å². The third-order valence-corrected chi connectivity index (χ3v) is 7.05. The van der Waals surface area contributed by atoms with Crippen LogP contribution < -0.4 is 15.5 Å². The SMILES string of the molecule is CCN1CCN(c2nc(C)cc(Nc3cc4nc(NC(C)c5ccccc5)sc4cn3)n2)CC1. The van der Waals surface area contributed by atoms with E-state index in [-0.39, 0.29) is 6.04 Å². The standard InChI is InChI=1S/C25H30N8S/c1-4-32-10-12-33(13-11-32)24-27-17(2)14-23(31-24)30-22-15-20-21(16-26-22)34-25(29-20)28-18(3)19-8-6-5-7-9-19/h5-9,14-16,18H,4,10-13H2,1-3H3,(H,28,29)(H,26,27,30,31). The molecule has 1 unspecified atom stereocenters. The highest BCUT2D eigenvalue weighted by atomic mass is 32.1. The summed E-state index contributed by atoms with van der Waals surface area (Å²) >= 11 is 1.61. The van der Waals surface area contributed by atoms with Gasteiger partial charge in [0.1, 0.15) is 11.6 Å². The van der Waals surface area contributed by atoms with E-state index in [1.54, 1.807) is 11.3 Å². The lowest BCUT2D eigenvalue weighted by atomic mass is 10.1. The number of hydrogen-bond acceptors (Lipinski definition) is 9. The molecule has 1 atom stereocenters. The Morgan fingerprint density at radius 2 is 1.79 bits per heavy atom. The molecular formula is C25H30N8S. The molecule has 34 heavy (non-hydrogen) atoms. The molecule has 0 bridgehead atoms. The minimum atomic E-state index is 0.175. The van der Waals surface area contributed by atoms with Gasteiger partial charge in [0.25, 0.3) is 0 Å². The summed E-state index contributed by atoms with van der Waals surface area (Å²) in [6.45, 7) is 11.4. The number of rotatable bonds is 7. The zero-order valence-corrected chi connectivity index (χ0v) is 20.6. The fourth-order valence-electron chi connectivity index (χ4n) is 4.13. The van der Waals surface area contributed by atoms with E-state index in [4.69, 9.17) is 9.97 Å². The highest BCUT2D eigenvalue weighted by Gasteiger charge is 2.19. The molecule has 8 nitrogen and oxygen atoms in total. The van der Waals surface area contributed by atoms with Gasteiger partial charge < -0.3 is 20.4 Å². The van der Waals surface area contributed by atoms with Crippen LogP contribution in [0.2, 0.25) is 0 Å². The molecule has 9 heteroatoms. The molecule has 0 aliphatic carbocycles. The Balaban J connectivity index is 1.31. The van der Waals surface area contributed by atoms with E-state index in [1.807, 2.05) is 31.3 Å². The van der Waals surface area contributed by atoms with Crippen LogP contribution >= 0.6 is 11.3 Å². The van der Waals surface area contributed by atoms with Crippen LogP contribution in [0.3, 0.4) is 0 Å². The van der Waals surface area contributed by atoms with Crippen molar-refractivity contribution in [3.63, 3.8) is 0 Å². The number of likely N-dealkylation sites (N-methyl/N-ethyl adjacent to an activating group) is 1. The molecule has 5 rings (SSSR count). The number of aryl methyl sites for hydroxylation is 1. The molecular weight excluding hydrogens is 444 g/mol. The summed E-state index contributed by atoms with van der Waals surface area (Å²) in [5.74, 6) is 2.24. The van der Waals surface area contributed by atoms with Gasteiger partial charge in [0.15, 0.2) is 5.13 Å². The van der Waals surface area contributed by atoms with Crippen LogP contribution in [-0.2, 0) is 0 Å². The summed E-state index contributed by atoms with van der Waals surface area (Å²) < 4.78 is 1.04. The smallest absolute Gasteiger partial charge is 0.227 e. The Bertz CT molecular complexity index is 1250. The molecule has 1 aliphatic rings. The predicted octanol–water partition coefficient (Wildman–Crippen LogP) is 4.85. The first-order chi connectivity index (χ1) is 16.6. The second-order valence-corrected chi connectivity index (χ2v) is 9.60. The molecule has 0 saturated carbocycles. The summed E-state index contributed by atoms with van der Waals surface area (Å²) in [4.78, 5) is 23.5. The first-order valence-electron chi connectivity index (χ1n) is 11.8. The largest absolute Gasteiger partial charge is 0.355 e. The average molecular weight is 475 g/mol. The summed E-state index contributed by atoms with van der Waals surface area (Å²) in [5.41, 5.74) is 3.07. The molecule has 4 aromatic rings. The molecule has 3 aromatic heterocycles. The fraction of sp³-hybridized carbons (Fsp3) is 0.360. The van der Waals surface area contributed by atoms with Gasteiger partial charge in [-0.05, 0) is 26.0 Å². The number of benzene rings is 1. The molecule has 0 radical (unpaired) electrons. The third kappa shape index (κ3) is 5.10. The van der Waals surface area contributed by atoms with Gasteiger partial charge >= 0.3 is 0 Å². The number of nitrogens with one attached hydrogen (secondary N) is 2. The Labute approximate surface area is 204 Å². The van der Waals surface area contributed by atoms with E-state index >= 15 is 0 Å². The molecule has 1 fully saturated rings. The highest BCUT2D eigenvalue weighted by Crippen LogP contribution is 2.30. The molecule has 1 aliphatic heterocycles.